The van der Waals surface area contributed by atoms with E-state index >= 15 is 0 Å². The van der Waals surface area contributed by atoms with Crippen molar-refractivity contribution < 1.29 is 9.53 Å². The third-order valence-corrected chi connectivity index (χ3v) is 8.14. The second-order valence-electron chi connectivity index (χ2n) is 8.14. The van der Waals surface area contributed by atoms with Gasteiger partial charge in [-0.05, 0) is 38.5 Å². The second kappa shape index (κ2) is 8.36. The second-order valence-corrected chi connectivity index (χ2v) is 9.50. The molecule has 6 heteroatoms. The highest BCUT2D eigenvalue weighted by molar-refractivity contribution is 8.00. The van der Waals surface area contributed by atoms with Gasteiger partial charge in [-0.25, -0.2) is 0 Å². The Balaban J connectivity index is 1.56. The van der Waals surface area contributed by atoms with Gasteiger partial charge in [0.25, 0.3) is 0 Å². The molecule has 27 heavy (non-hydrogen) atoms. The molecule has 4 aliphatic rings. The molecular weight excluding hydrogens is 358 g/mol. The number of hydrogen-bond donors (Lipinski definition) is 1. The van der Waals surface area contributed by atoms with Crippen LogP contribution in [0.5, 0.6) is 0 Å². The van der Waals surface area contributed by atoms with Crippen LogP contribution < -0.4 is 5.32 Å². The molecule has 0 spiro atoms. The van der Waals surface area contributed by atoms with Crippen LogP contribution in [0.2, 0.25) is 0 Å². The van der Waals surface area contributed by atoms with Crippen LogP contribution in [0.25, 0.3) is 0 Å². The summed E-state index contributed by atoms with van der Waals surface area (Å²) in [7, 11) is 0. The maximum Gasteiger partial charge on any atom is 0.232 e. The van der Waals surface area contributed by atoms with Crippen molar-refractivity contribution in [2.45, 2.75) is 75.0 Å². The molecule has 3 fully saturated rings. The molecule has 2 aliphatic carbocycles. The number of nitrogens with zero attached hydrogens (tertiary/aromatic N) is 2. The summed E-state index contributed by atoms with van der Waals surface area (Å²) < 4.78 is 5.90. The molecule has 0 aromatic carbocycles. The Morgan fingerprint density at radius 3 is 2.89 bits per heavy atom. The fraction of sp³-hybridized carbons (Fsp3) is 0.762. The van der Waals surface area contributed by atoms with E-state index in [-0.39, 0.29) is 29.2 Å². The first-order valence-electron chi connectivity index (χ1n) is 10.5. The smallest absolute Gasteiger partial charge is 0.232 e. The van der Waals surface area contributed by atoms with Gasteiger partial charge in [0.15, 0.2) is 0 Å². The number of amidine groups is 1. The van der Waals surface area contributed by atoms with Gasteiger partial charge in [-0.1, -0.05) is 31.8 Å². The summed E-state index contributed by atoms with van der Waals surface area (Å²) in [6.07, 6.45) is 11.4. The van der Waals surface area contributed by atoms with Crippen molar-refractivity contribution in [2.75, 3.05) is 6.61 Å². The van der Waals surface area contributed by atoms with E-state index in [1.54, 1.807) is 0 Å². The summed E-state index contributed by atoms with van der Waals surface area (Å²) in [5, 5.41) is 13.3. The Labute approximate surface area is 166 Å². The number of aliphatic imine (C=N–C) groups is 1. The van der Waals surface area contributed by atoms with Crippen LogP contribution >= 0.6 is 11.8 Å². The van der Waals surface area contributed by atoms with Crippen molar-refractivity contribution in [3.8, 4) is 6.07 Å². The average molecular weight is 388 g/mol. The van der Waals surface area contributed by atoms with E-state index in [0.717, 1.165) is 25.7 Å². The topological polar surface area (TPSA) is 74.5 Å². The number of amides is 1. The molecule has 0 aromatic heterocycles. The summed E-state index contributed by atoms with van der Waals surface area (Å²) >= 11 is 1.86. The largest absolute Gasteiger partial charge is 0.378 e. The number of carbonyl (C=O) groups is 1. The van der Waals surface area contributed by atoms with Gasteiger partial charge in [0, 0.05) is 17.8 Å². The van der Waals surface area contributed by atoms with E-state index in [2.05, 4.69) is 11.4 Å². The third-order valence-electron chi connectivity index (χ3n) is 6.53. The molecule has 6 unspecified atom stereocenters. The Bertz CT molecular complexity index is 681. The van der Waals surface area contributed by atoms with Crippen LogP contribution in [0, 0.1) is 29.1 Å². The number of hydrogen-bond acceptors (Lipinski definition) is 5. The quantitative estimate of drug-likeness (QED) is 0.745. The van der Waals surface area contributed by atoms with Crippen LogP contribution in [-0.4, -0.2) is 35.1 Å². The first-order chi connectivity index (χ1) is 13.2. The SMILES string of the molecule is CCOC1CCCCC1/C=C(\C#N)C1=NC2SC3CCCCC3C2C(=O)N1. The first kappa shape index (κ1) is 19.0. The van der Waals surface area contributed by atoms with Crippen LogP contribution in [0.1, 0.15) is 58.3 Å². The molecule has 0 radical (unpaired) electrons. The van der Waals surface area contributed by atoms with Crippen LogP contribution in [0.15, 0.2) is 16.6 Å². The monoisotopic (exact) mass is 387 g/mol. The minimum atomic E-state index is -0.0207. The lowest BCUT2D eigenvalue weighted by molar-refractivity contribution is -0.125. The lowest BCUT2D eigenvalue weighted by atomic mass is 9.79. The zero-order valence-electron chi connectivity index (χ0n) is 16.0. The number of nitriles is 1. The number of thioether (sulfide) groups is 1. The summed E-state index contributed by atoms with van der Waals surface area (Å²) in [6, 6.07) is 2.30. The molecule has 6 atom stereocenters. The molecule has 2 heterocycles. The van der Waals surface area contributed by atoms with Crippen LogP contribution in [-0.2, 0) is 9.53 Å². The first-order valence-corrected chi connectivity index (χ1v) is 11.4. The van der Waals surface area contributed by atoms with Crippen molar-refractivity contribution >= 4 is 23.5 Å². The standard InChI is InChI=1S/C21H29N3O2S/c1-2-26-16-9-5-3-7-13(16)11-14(12-22)19-23-20(25)18-15-8-4-6-10-17(15)27-21(18)24-19/h11,13,15-18,21H,2-10H2,1H3,(H,23,24,25)/b14-11+. The molecular formula is C21H29N3O2S. The van der Waals surface area contributed by atoms with Gasteiger partial charge in [-0.2, -0.15) is 5.26 Å². The molecule has 0 bridgehead atoms. The highest BCUT2D eigenvalue weighted by Crippen LogP contribution is 2.51. The lowest BCUT2D eigenvalue weighted by Crippen LogP contribution is -2.46. The van der Waals surface area contributed by atoms with Gasteiger partial charge in [0.1, 0.15) is 17.3 Å². The van der Waals surface area contributed by atoms with Crippen molar-refractivity contribution in [3.05, 3.63) is 11.6 Å². The number of carbonyl (C=O) groups excluding carboxylic acids is 1. The average Bonchev–Trinajstić information content (AvgIpc) is 3.06. The maximum atomic E-state index is 12.9. The van der Waals surface area contributed by atoms with Gasteiger partial charge in [-0.15, -0.1) is 11.8 Å². The van der Waals surface area contributed by atoms with Gasteiger partial charge < -0.3 is 10.1 Å². The Morgan fingerprint density at radius 1 is 1.30 bits per heavy atom. The molecule has 146 valence electrons. The van der Waals surface area contributed by atoms with Gasteiger partial charge >= 0.3 is 0 Å². The highest BCUT2D eigenvalue weighted by atomic mass is 32.2. The number of ether oxygens (including phenoxy) is 1. The molecule has 1 amide bonds. The molecule has 5 nitrogen and oxygen atoms in total. The third kappa shape index (κ3) is 3.82. The van der Waals surface area contributed by atoms with Crippen molar-refractivity contribution in [1.82, 2.24) is 5.32 Å². The highest BCUT2D eigenvalue weighted by Gasteiger charge is 2.50. The summed E-state index contributed by atoms with van der Waals surface area (Å²) in [4.78, 5) is 17.7. The van der Waals surface area contributed by atoms with Gasteiger partial charge in [-0.3, -0.25) is 9.79 Å². The molecule has 2 aliphatic heterocycles. The molecule has 2 saturated carbocycles. The van der Waals surface area contributed by atoms with Gasteiger partial charge in [0.05, 0.1) is 17.6 Å². The van der Waals surface area contributed by atoms with Gasteiger partial charge in [0.2, 0.25) is 5.91 Å². The molecule has 0 aromatic rings. The summed E-state index contributed by atoms with van der Waals surface area (Å²) in [6.45, 7) is 2.71. The van der Waals surface area contributed by atoms with E-state index in [0.29, 0.717) is 29.2 Å². The normalized spacial score (nSPS) is 39.0. The van der Waals surface area contributed by atoms with Crippen LogP contribution in [0.3, 0.4) is 0 Å². The predicted octanol–water partition coefficient (Wildman–Crippen LogP) is 3.81. The zero-order chi connectivity index (χ0) is 18.8. The predicted molar refractivity (Wildman–Crippen MR) is 107 cm³/mol. The number of nitrogens with one attached hydrogen (secondary N) is 1. The Morgan fingerprint density at radius 2 is 2.07 bits per heavy atom. The minimum Gasteiger partial charge on any atom is -0.378 e. The summed E-state index contributed by atoms with van der Waals surface area (Å²) in [5.74, 6) is 1.21. The van der Waals surface area contributed by atoms with Crippen molar-refractivity contribution in [3.63, 3.8) is 0 Å². The Kier molecular flexibility index (Phi) is 5.89. The molecule has 1 saturated heterocycles. The lowest BCUT2D eigenvalue weighted by Gasteiger charge is -2.31. The number of fused-ring (bicyclic) bond motifs is 3. The van der Waals surface area contributed by atoms with E-state index in [1.807, 2.05) is 24.8 Å². The Hall–Kier alpha value is -1.32. The molecule has 1 N–H and O–H groups in total. The van der Waals surface area contributed by atoms with E-state index in [9.17, 15) is 10.1 Å². The maximum absolute atomic E-state index is 12.9. The minimum absolute atomic E-state index is 0.0187. The fourth-order valence-electron chi connectivity index (χ4n) is 5.23. The number of rotatable bonds is 4. The van der Waals surface area contributed by atoms with E-state index < -0.39 is 0 Å². The van der Waals surface area contributed by atoms with Crippen molar-refractivity contribution in [2.24, 2.45) is 22.7 Å². The molecule has 4 rings (SSSR count). The van der Waals surface area contributed by atoms with E-state index in [1.165, 1.54) is 25.7 Å². The fourth-order valence-corrected chi connectivity index (χ4v) is 7.06. The van der Waals surface area contributed by atoms with E-state index in [4.69, 9.17) is 9.73 Å². The van der Waals surface area contributed by atoms with Crippen molar-refractivity contribution in [1.29, 1.82) is 5.26 Å². The zero-order valence-corrected chi connectivity index (χ0v) is 16.8. The summed E-state index contributed by atoms with van der Waals surface area (Å²) in [5.41, 5.74) is 0.508. The van der Waals surface area contributed by atoms with Crippen LogP contribution in [0.4, 0.5) is 0 Å².